The molecule has 3 aromatic rings. The molecule has 5 nitrogen and oxygen atoms in total. The van der Waals surface area contributed by atoms with Crippen LogP contribution in [0.5, 0.6) is 0 Å². The van der Waals surface area contributed by atoms with Crippen molar-refractivity contribution in [2.75, 3.05) is 0 Å². The molecule has 0 saturated heterocycles. The van der Waals surface area contributed by atoms with E-state index in [1.165, 1.54) is 12.4 Å². The maximum atomic E-state index is 12.2. The Hall–Kier alpha value is -3.47. The van der Waals surface area contributed by atoms with E-state index < -0.39 is 17.9 Å². The minimum absolute atomic E-state index is 0.210. The summed E-state index contributed by atoms with van der Waals surface area (Å²) in [6.07, 6.45) is 3.20. The first-order chi connectivity index (χ1) is 12.6. The molecule has 1 aromatic heterocycles. The van der Waals surface area contributed by atoms with E-state index in [-0.39, 0.29) is 6.42 Å². The highest BCUT2D eigenvalue weighted by Gasteiger charge is 2.21. The quantitative estimate of drug-likeness (QED) is 0.718. The maximum Gasteiger partial charge on any atom is 0.326 e. The molecule has 0 bridgehead atoms. The van der Waals surface area contributed by atoms with Crippen molar-refractivity contribution in [2.24, 2.45) is 0 Å². The van der Waals surface area contributed by atoms with Crippen LogP contribution in [0.25, 0.3) is 11.1 Å². The lowest BCUT2D eigenvalue weighted by molar-refractivity contribution is -0.139. The number of rotatable bonds is 6. The first-order valence-electron chi connectivity index (χ1n) is 8.21. The fourth-order valence-corrected chi connectivity index (χ4v) is 2.64. The largest absolute Gasteiger partial charge is 0.480 e. The molecule has 0 unspecified atom stereocenters. The van der Waals surface area contributed by atoms with Crippen LogP contribution in [0.2, 0.25) is 0 Å². The zero-order valence-electron chi connectivity index (χ0n) is 14.0. The number of carbonyl (C=O) groups excluding carboxylic acids is 1. The molecule has 0 radical (unpaired) electrons. The smallest absolute Gasteiger partial charge is 0.326 e. The molecule has 26 heavy (non-hydrogen) atoms. The number of hydrogen-bond acceptors (Lipinski definition) is 3. The van der Waals surface area contributed by atoms with Gasteiger partial charge in [0.15, 0.2) is 0 Å². The van der Waals surface area contributed by atoms with Gasteiger partial charge in [-0.15, -0.1) is 0 Å². The summed E-state index contributed by atoms with van der Waals surface area (Å²) in [7, 11) is 0. The van der Waals surface area contributed by atoms with Crippen molar-refractivity contribution in [2.45, 2.75) is 12.5 Å². The van der Waals surface area contributed by atoms with Gasteiger partial charge in [0.25, 0.3) is 5.91 Å². The second kappa shape index (κ2) is 8.07. The van der Waals surface area contributed by atoms with Gasteiger partial charge in [0.1, 0.15) is 6.04 Å². The molecular weight excluding hydrogens is 328 g/mol. The molecule has 2 N–H and O–H groups in total. The predicted octanol–water partition coefficient (Wildman–Crippen LogP) is 3.17. The van der Waals surface area contributed by atoms with Crippen LogP contribution in [-0.4, -0.2) is 28.0 Å². The zero-order valence-corrected chi connectivity index (χ0v) is 14.0. The molecule has 130 valence electrons. The molecular formula is C21H18N2O3. The first kappa shape index (κ1) is 17.4. The molecule has 1 heterocycles. The SMILES string of the molecule is O=C(N[C@@H](Cc1ccc(-c2ccccc2)cc1)C(=O)O)c1ccncc1. The number of pyridine rings is 1. The van der Waals surface area contributed by atoms with Crippen molar-refractivity contribution in [1.29, 1.82) is 0 Å². The summed E-state index contributed by atoms with van der Waals surface area (Å²) in [6.45, 7) is 0. The number of carboxylic acids is 1. The summed E-state index contributed by atoms with van der Waals surface area (Å²) >= 11 is 0. The summed E-state index contributed by atoms with van der Waals surface area (Å²) in [5.74, 6) is -1.50. The standard InChI is InChI=1S/C21H18N2O3/c24-20(18-10-12-22-13-11-18)23-19(21(25)26)14-15-6-8-17(9-7-15)16-4-2-1-3-5-16/h1-13,19H,14H2,(H,23,24)(H,25,26)/t19-/m0/s1. The van der Waals surface area contributed by atoms with Crippen LogP contribution >= 0.6 is 0 Å². The fraction of sp³-hybridized carbons (Fsp3) is 0.0952. The van der Waals surface area contributed by atoms with Crippen LogP contribution in [0.3, 0.4) is 0 Å². The third-order valence-electron chi connectivity index (χ3n) is 4.05. The van der Waals surface area contributed by atoms with Crippen molar-refractivity contribution in [3.05, 3.63) is 90.3 Å². The van der Waals surface area contributed by atoms with Gasteiger partial charge in [-0.2, -0.15) is 0 Å². The van der Waals surface area contributed by atoms with Gasteiger partial charge in [0.05, 0.1) is 0 Å². The van der Waals surface area contributed by atoms with Crippen LogP contribution in [0.4, 0.5) is 0 Å². The Labute approximate surface area is 151 Å². The normalized spacial score (nSPS) is 11.5. The van der Waals surface area contributed by atoms with E-state index in [1.807, 2.05) is 54.6 Å². The minimum atomic E-state index is -1.07. The van der Waals surface area contributed by atoms with Gasteiger partial charge >= 0.3 is 5.97 Å². The number of carbonyl (C=O) groups is 2. The lowest BCUT2D eigenvalue weighted by atomic mass is 10.0. The van der Waals surface area contributed by atoms with E-state index >= 15 is 0 Å². The number of amides is 1. The molecule has 2 aromatic carbocycles. The molecule has 0 aliphatic carbocycles. The Kier molecular flexibility index (Phi) is 5.39. The van der Waals surface area contributed by atoms with Gasteiger partial charge in [0.2, 0.25) is 0 Å². The van der Waals surface area contributed by atoms with E-state index in [2.05, 4.69) is 10.3 Å². The lowest BCUT2D eigenvalue weighted by Crippen LogP contribution is -2.42. The van der Waals surface area contributed by atoms with E-state index in [0.29, 0.717) is 5.56 Å². The second-order valence-electron chi connectivity index (χ2n) is 5.87. The van der Waals surface area contributed by atoms with E-state index in [0.717, 1.165) is 16.7 Å². The number of nitrogens with zero attached hydrogens (tertiary/aromatic N) is 1. The third kappa shape index (κ3) is 4.33. The van der Waals surface area contributed by atoms with Crippen LogP contribution < -0.4 is 5.32 Å². The number of aromatic nitrogens is 1. The molecule has 1 atom stereocenters. The van der Waals surface area contributed by atoms with Gasteiger partial charge in [-0.3, -0.25) is 9.78 Å². The monoisotopic (exact) mass is 346 g/mol. The average molecular weight is 346 g/mol. The molecule has 3 rings (SSSR count). The lowest BCUT2D eigenvalue weighted by Gasteiger charge is -2.15. The van der Waals surface area contributed by atoms with Crippen molar-refractivity contribution >= 4 is 11.9 Å². The number of nitrogens with one attached hydrogen (secondary N) is 1. The van der Waals surface area contributed by atoms with Crippen molar-refractivity contribution in [1.82, 2.24) is 10.3 Å². The molecule has 0 aliphatic rings. The zero-order chi connectivity index (χ0) is 18.4. The first-order valence-corrected chi connectivity index (χ1v) is 8.21. The molecule has 0 aliphatic heterocycles. The number of hydrogen-bond donors (Lipinski definition) is 2. The fourth-order valence-electron chi connectivity index (χ4n) is 2.64. The Bertz CT molecular complexity index is 878. The average Bonchev–Trinajstić information content (AvgIpc) is 2.69. The highest BCUT2D eigenvalue weighted by Crippen LogP contribution is 2.19. The summed E-state index contributed by atoms with van der Waals surface area (Å²) in [4.78, 5) is 27.6. The topological polar surface area (TPSA) is 79.3 Å². The third-order valence-corrected chi connectivity index (χ3v) is 4.05. The summed E-state index contributed by atoms with van der Waals surface area (Å²) in [5.41, 5.74) is 3.37. The van der Waals surface area contributed by atoms with Gasteiger partial charge in [0, 0.05) is 24.4 Å². The van der Waals surface area contributed by atoms with E-state index in [1.54, 1.807) is 12.1 Å². The Balaban J connectivity index is 1.70. The van der Waals surface area contributed by atoms with E-state index in [4.69, 9.17) is 0 Å². The summed E-state index contributed by atoms with van der Waals surface area (Å²) < 4.78 is 0. The molecule has 0 saturated carbocycles. The highest BCUT2D eigenvalue weighted by atomic mass is 16.4. The minimum Gasteiger partial charge on any atom is -0.480 e. The molecule has 5 heteroatoms. The van der Waals surface area contributed by atoms with Gasteiger partial charge in [-0.25, -0.2) is 4.79 Å². The van der Waals surface area contributed by atoms with Crippen LogP contribution in [0.15, 0.2) is 79.1 Å². The molecule has 0 fully saturated rings. The van der Waals surface area contributed by atoms with Gasteiger partial charge in [-0.1, -0.05) is 54.6 Å². The van der Waals surface area contributed by atoms with Crippen molar-refractivity contribution in [3.63, 3.8) is 0 Å². The Morgan fingerprint density at radius 2 is 1.50 bits per heavy atom. The highest BCUT2D eigenvalue weighted by molar-refractivity contribution is 5.96. The van der Waals surface area contributed by atoms with Crippen molar-refractivity contribution in [3.8, 4) is 11.1 Å². The Morgan fingerprint density at radius 3 is 2.12 bits per heavy atom. The molecule has 0 spiro atoms. The van der Waals surface area contributed by atoms with Crippen LogP contribution in [-0.2, 0) is 11.2 Å². The summed E-state index contributed by atoms with van der Waals surface area (Å²) in [6, 6.07) is 19.7. The maximum absolute atomic E-state index is 12.2. The Morgan fingerprint density at radius 1 is 0.885 bits per heavy atom. The predicted molar refractivity (Wildman–Crippen MR) is 98.7 cm³/mol. The second-order valence-corrected chi connectivity index (χ2v) is 5.87. The van der Waals surface area contributed by atoms with Gasteiger partial charge < -0.3 is 10.4 Å². The van der Waals surface area contributed by atoms with Crippen LogP contribution in [0, 0.1) is 0 Å². The number of carboxylic acid groups (broad SMARTS) is 1. The number of aliphatic carboxylic acids is 1. The number of benzene rings is 2. The summed E-state index contributed by atoms with van der Waals surface area (Å²) in [5, 5.41) is 12.0. The van der Waals surface area contributed by atoms with Gasteiger partial charge in [-0.05, 0) is 28.8 Å². The van der Waals surface area contributed by atoms with Crippen LogP contribution in [0.1, 0.15) is 15.9 Å². The van der Waals surface area contributed by atoms with Crippen molar-refractivity contribution < 1.29 is 14.7 Å². The van der Waals surface area contributed by atoms with E-state index in [9.17, 15) is 14.7 Å². The molecule has 1 amide bonds.